The van der Waals surface area contributed by atoms with Gasteiger partial charge in [-0.3, -0.25) is 0 Å². The van der Waals surface area contributed by atoms with Crippen molar-refractivity contribution >= 4 is 25.8 Å². The molecule has 1 aromatic rings. The van der Waals surface area contributed by atoms with E-state index in [0.29, 0.717) is 0 Å². The first-order valence-corrected chi connectivity index (χ1v) is 6.31. The summed E-state index contributed by atoms with van der Waals surface area (Å²) in [5.74, 6) is 0. The molecule has 0 saturated carbocycles. The van der Waals surface area contributed by atoms with Gasteiger partial charge in [0.15, 0.2) is 0 Å². The molecule has 1 aromatic carbocycles. The van der Waals surface area contributed by atoms with Gasteiger partial charge in [0, 0.05) is 0 Å². The predicted molar refractivity (Wildman–Crippen MR) is 56.0 cm³/mol. The third-order valence-electron chi connectivity index (χ3n) is 1.89. The van der Waals surface area contributed by atoms with Crippen LogP contribution in [0.1, 0.15) is 20.3 Å². The zero-order valence-electron chi connectivity index (χ0n) is 7.62. The third-order valence-corrected chi connectivity index (χ3v) is 5.02. The number of nitrogens with two attached hydrogens (primary N) is 1. The molecule has 0 aliphatic rings. The fourth-order valence-corrected chi connectivity index (χ4v) is 3.14. The van der Waals surface area contributed by atoms with Gasteiger partial charge in [0.05, 0.1) is 0 Å². The molecular weight excluding hydrogens is 209 g/mol. The normalized spacial score (nSPS) is 13.8. The van der Waals surface area contributed by atoms with Crippen molar-refractivity contribution in [3.8, 4) is 0 Å². The van der Waals surface area contributed by atoms with Gasteiger partial charge in [-0.1, -0.05) is 0 Å². The number of hydrogen-bond donors (Lipinski definition) is 1. The maximum atomic E-state index is 5.85. The summed E-state index contributed by atoms with van der Waals surface area (Å²) < 4.78 is 2.20. The van der Waals surface area contributed by atoms with E-state index in [1.54, 1.807) is 0 Å². The Morgan fingerprint density at radius 2 is 2.08 bits per heavy atom. The first kappa shape index (κ1) is 9.66. The molecule has 2 heteroatoms. The third kappa shape index (κ3) is 2.56. The van der Waals surface area contributed by atoms with Gasteiger partial charge in [0.1, 0.15) is 0 Å². The Morgan fingerprint density at radius 1 is 1.42 bits per heavy atom. The van der Waals surface area contributed by atoms with Crippen LogP contribution < -0.4 is 10.1 Å². The van der Waals surface area contributed by atoms with Gasteiger partial charge < -0.3 is 0 Å². The number of rotatable bonds is 3. The number of hydrogen-bond acceptors (Lipinski definition) is 1. The van der Waals surface area contributed by atoms with E-state index in [2.05, 4.69) is 26.0 Å². The predicted octanol–water partition coefficient (Wildman–Crippen LogP) is 1.82. The fraction of sp³-hybridized carbons (Fsp3) is 0.400. The Morgan fingerprint density at radius 3 is 2.67 bits per heavy atom. The number of para-hydroxylation sites is 1. The van der Waals surface area contributed by atoms with Crippen molar-refractivity contribution in [2.75, 3.05) is 5.73 Å². The molecule has 1 unspecified atom stereocenters. The molecule has 12 heavy (non-hydrogen) atoms. The molecule has 0 fully saturated rings. The maximum absolute atomic E-state index is 5.85. The average Bonchev–Trinajstić information content (AvgIpc) is 2.09. The average molecular weight is 224 g/mol. The van der Waals surface area contributed by atoms with E-state index >= 15 is 0 Å². The molecule has 0 amide bonds. The molecule has 0 heterocycles. The van der Waals surface area contributed by atoms with Crippen LogP contribution in [0.15, 0.2) is 24.3 Å². The molecule has 1 atom stereocenters. The molecule has 1 rings (SSSR count). The molecule has 1 radical (unpaired) electrons. The van der Waals surface area contributed by atoms with E-state index in [-0.39, 0.29) is 15.8 Å². The van der Waals surface area contributed by atoms with Gasteiger partial charge in [-0.15, -0.1) is 0 Å². The Kier molecular flexibility index (Phi) is 3.68. The summed E-state index contributed by atoms with van der Waals surface area (Å²) in [5.41, 5.74) is 6.82. The first-order valence-electron chi connectivity index (χ1n) is 4.29. The van der Waals surface area contributed by atoms with Gasteiger partial charge in [0.2, 0.25) is 0 Å². The van der Waals surface area contributed by atoms with Crippen molar-refractivity contribution < 1.29 is 0 Å². The summed E-state index contributed by atoms with van der Waals surface area (Å²) in [4.78, 5) is 0. The van der Waals surface area contributed by atoms with Gasteiger partial charge in [-0.2, -0.15) is 0 Å². The summed E-state index contributed by atoms with van der Waals surface area (Å²) in [6.45, 7) is 4.53. The Bertz CT molecular complexity index is 247. The van der Waals surface area contributed by atoms with E-state index in [9.17, 15) is 0 Å². The molecule has 2 N–H and O–H groups in total. The van der Waals surface area contributed by atoms with E-state index in [1.807, 2.05) is 12.1 Å². The molecule has 0 aliphatic heterocycles. The van der Waals surface area contributed by atoms with Crippen LogP contribution in [0.4, 0.5) is 5.69 Å². The Hall–Kier alpha value is -0.422. The Labute approximate surface area is 81.0 Å². The summed E-state index contributed by atoms with van der Waals surface area (Å²) in [6, 6.07) is 8.22. The second kappa shape index (κ2) is 4.57. The van der Waals surface area contributed by atoms with Crippen molar-refractivity contribution in [2.45, 2.75) is 25.0 Å². The molecule has 0 saturated heterocycles. The van der Waals surface area contributed by atoms with Crippen LogP contribution >= 0.6 is 0 Å². The van der Waals surface area contributed by atoms with Crippen LogP contribution in [0.25, 0.3) is 0 Å². The van der Waals surface area contributed by atoms with E-state index in [4.69, 9.17) is 5.73 Å². The molecule has 0 spiro atoms. The standard InChI is InChI=1S/C10H15AsN/c1-3-8(2)11-9-6-4-5-7-10(9)12/h4-8H,3,12H2,1-2H3. The van der Waals surface area contributed by atoms with Crippen molar-refractivity contribution in [2.24, 2.45) is 0 Å². The Balaban J connectivity index is 2.69. The van der Waals surface area contributed by atoms with Crippen molar-refractivity contribution in [1.29, 1.82) is 0 Å². The summed E-state index contributed by atoms with van der Waals surface area (Å²) in [6.07, 6.45) is 1.26. The van der Waals surface area contributed by atoms with Crippen LogP contribution in [-0.4, -0.2) is 15.8 Å². The summed E-state index contributed by atoms with van der Waals surface area (Å²) in [5, 5.41) is 0. The number of anilines is 1. The first-order chi connectivity index (χ1) is 5.74. The van der Waals surface area contributed by atoms with Crippen LogP contribution in [0.3, 0.4) is 0 Å². The quantitative estimate of drug-likeness (QED) is 0.615. The van der Waals surface area contributed by atoms with Crippen molar-refractivity contribution in [3.63, 3.8) is 0 Å². The summed E-state index contributed by atoms with van der Waals surface area (Å²) >= 11 is 0.262. The van der Waals surface area contributed by atoms with E-state index in [1.165, 1.54) is 10.8 Å². The monoisotopic (exact) mass is 224 g/mol. The van der Waals surface area contributed by atoms with Gasteiger partial charge in [0.25, 0.3) is 0 Å². The minimum absolute atomic E-state index is 0.262. The van der Waals surface area contributed by atoms with Gasteiger partial charge in [-0.25, -0.2) is 0 Å². The SMILES string of the molecule is CCC(C)[As]c1ccccc1N. The molecule has 0 aliphatic carbocycles. The topological polar surface area (TPSA) is 26.0 Å². The van der Waals surface area contributed by atoms with Crippen molar-refractivity contribution in [1.82, 2.24) is 0 Å². The van der Waals surface area contributed by atoms with Crippen LogP contribution in [0.5, 0.6) is 0 Å². The molecule has 0 bridgehead atoms. The number of benzene rings is 1. The van der Waals surface area contributed by atoms with Gasteiger partial charge >= 0.3 is 80.8 Å². The molecular formula is C10H15AsN. The second-order valence-electron chi connectivity index (χ2n) is 2.95. The summed E-state index contributed by atoms with van der Waals surface area (Å²) in [7, 11) is 0. The second-order valence-corrected chi connectivity index (χ2v) is 6.35. The van der Waals surface area contributed by atoms with E-state index < -0.39 is 0 Å². The van der Waals surface area contributed by atoms with E-state index in [0.717, 1.165) is 10.4 Å². The molecule has 65 valence electrons. The zero-order valence-corrected chi connectivity index (χ0v) is 9.49. The van der Waals surface area contributed by atoms with Crippen molar-refractivity contribution in [3.05, 3.63) is 24.3 Å². The van der Waals surface area contributed by atoms with Crippen LogP contribution in [0, 0.1) is 0 Å². The fourth-order valence-electron chi connectivity index (χ4n) is 0.934. The minimum atomic E-state index is 0.262. The molecule has 1 nitrogen and oxygen atoms in total. The van der Waals surface area contributed by atoms with Crippen LogP contribution in [-0.2, 0) is 0 Å². The van der Waals surface area contributed by atoms with Crippen LogP contribution in [0.2, 0.25) is 4.71 Å². The van der Waals surface area contributed by atoms with Gasteiger partial charge in [-0.05, 0) is 0 Å². The molecule has 0 aromatic heterocycles. The zero-order chi connectivity index (χ0) is 8.97. The number of nitrogen functional groups attached to an aromatic ring is 1.